The van der Waals surface area contributed by atoms with Crippen LogP contribution in [0.4, 0.5) is 5.82 Å². The van der Waals surface area contributed by atoms with Crippen LogP contribution in [0.5, 0.6) is 0 Å². The van der Waals surface area contributed by atoms with Gasteiger partial charge in [-0.3, -0.25) is 14.8 Å². The Morgan fingerprint density at radius 3 is 2.81 bits per heavy atom. The monoisotopic (exact) mass is 280 g/mol. The van der Waals surface area contributed by atoms with Crippen LogP contribution in [0.3, 0.4) is 0 Å². The number of hydrogen-bond acceptors (Lipinski definition) is 4. The molecule has 0 unspecified atom stereocenters. The third-order valence-electron chi connectivity index (χ3n) is 3.69. The van der Waals surface area contributed by atoms with Crippen LogP contribution in [0.1, 0.15) is 10.4 Å². The topological polar surface area (TPSA) is 82.1 Å². The molecule has 21 heavy (non-hydrogen) atoms. The van der Waals surface area contributed by atoms with E-state index in [-0.39, 0.29) is 19.1 Å². The highest BCUT2D eigenvalue weighted by molar-refractivity contribution is 6.18. The van der Waals surface area contributed by atoms with Gasteiger partial charge in [-0.2, -0.15) is 5.10 Å². The van der Waals surface area contributed by atoms with E-state index in [2.05, 4.69) is 15.2 Å². The Morgan fingerprint density at radius 1 is 1.19 bits per heavy atom. The minimum Gasteiger partial charge on any atom is -0.395 e. The number of carbonyl (C=O) groups excluding carboxylic acids is 1. The Kier molecular flexibility index (Phi) is 2.52. The molecule has 0 atom stereocenters. The molecule has 1 amide bonds. The van der Waals surface area contributed by atoms with Crippen molar-refractivity contribution in [1.29, 1.82) is 0 Å². The molecule has 3 aromatic rings. The van der Waals surface area contributed by atoms with Crippen molar-refractivity contribution in [2.45, 2.75) is 0 Å². The third kappa shape index (κ3) is 1.59. The van der Waals surface area contributed by atoms with Crippen LogP contribution >= 0.6 is 0 Å². The van der Waals surface area contributed by atoms with Gasteiger partial charge in [0.1, 0.15) is 11.5 Å². The van der Waals surface area contributed by atoms with E-state index in [0.717, 1.165) is 22.2 Å². The molecule has 0 saturated carbocycles. The Bertz CT molecular complexity index is 856. The molecule has 2 aromatic heterocycles. The van der Waals surface area contributed by atoms with Crippen molar-refractivity contribution in [3.05, 3.63) is 42.1 Å². The van der Waals surface area contributed by atoms with Gasteiger partial charge >= 0.3 is 0 Å². The minimum absolute atomic E-state index is 0.126. The summed E-state index contributed by atoms with van der Waals surface area (Å²) in [5.74, 6) is 0.365. The number of anilines is 1. The van der Waals surface area contributed by atoms with Gasteiger partial charge in [0.15, 0.2) is 0 Å². The molecular formula is C15H12N4O2. The molecule has 104 valence electrons. The van der Waals surface area contributed by atoms with Crippen LogP contribution in [0, 0.1) is 0 Å². The predicted molar refractivity (Wildman–Crippen MR) is 78.1 cm³/mol. The number of benzene rings is 1. The van der Waals surface area contributed by atoms with E-state index in [1.54, 1.807) is 12.3 Å². The number of carbonyl (C=O) groups is 1. The average Bonchev–Trinajstić information content (AvgIpc) is 2.92. The van der Waals surface area contributed by atoms with E-state index in [0.29, 0.717) is 11.4 Å². The number of nitrogens with one attached hydrogen (secondary N) is 1. The number of nitrogens with zero attached hydrogens (tertiary/aromatic N) is 3. The fraction of sp³-hybridized carbons (Fsp3) is 0.133. The Hall–Kier alpha value is -2.73. The number of aliphatic hydroxyl groups is 1. The van der Waals surface area contributed by atoms with E-state index in [9.17, 15) is 9.90 Å². The summed E-state index contributed by atoms with van der Waals surface area (Å²) in [6, 6.07) is 9.17. The summed E-state index contributed by atoms with van der Waals surface area (Å²) < 4.78 is 0. The zero-order valence-electron chi connectivity index (χ0n) is 11.1. The van der Waals surface area contributed by atoms with Gasteiger partial charge in [0.05, 0.1) is 24.1 Å². The quantitative estimate of drug-likeness (QED) is 0.746. The first kappa shape index (κ1) is 12.0. The molecule has 0 saturated heterocycles. The number of fused-ring (bicyclic) bond motifs is 2. The van der Waals surface area contributed by atoms with Gasteiger partial charge in [-0.05, 0) is 12.1 Å². The summed E-state index contributed by atoms with van der Waals surface area (Å²) in [6.45, 7) is 0.0725. The smallest absolute Gasteiger partial charge is 0.260 e. The molecule has 4 rings (SSSR count). The number of β-amino-alcohol motifs (C(OH)–C–C–N with tert-alkyl or cyclic N) is 1. The minimum atomic E-state index is -0.169. The number of aromatic nitrogens is 3. The van der Waals surface area contributed by atoms with Crippen LogP contribution in [-0.2, 0) is 0 Å². The number of aromatic amines is 1. The Morgan fingerprint density at radius 2 is 2.00 bits per heavy atom. The summed E-state index contributed by atoms with van der Waals surface area (Å²) in [6.07, 6.45) is 1.63. The number of rotatable bonds is 2. The summed E-state index contributed by atoms with van der Waals surface area (Å²) in [7, 11) is 0. The Balaban J connectivity index is 2.12. The second-order valence-corrected chi connectivity index (χ2v) is 4.86. The summed E-state index contributed by atoms with van der Waals surface area (Å²) in [4.78, 5) is 18.6. The molecular weight excluding hydrogens is 268 g/mol. The van der Waals surface area contributed by atoms with Gasteiger partial charge in [-0.15, -0.1) is 0 Å². The maximum absolute atomic E-state index is 12.8. The molecule has 1 aromatic carbocycles. The van der Waals surface area contributed by atoms with E-state index in [1.807, 2.05) is 24.3 Å². The first-order valence-corrected chi connectivity index (χ1v) is 6.66. The van der Waals surface area contributed by atoms with Crippen molar-refractivity contribution >= 4 is 22.6 Å². The van der Waals surface area contributed by atoms with Crippen molar-refractivity contribution in [2.75, 3.05) is 18.1 Å². The van der Waals surface area contributed by atoms with E-state index in [1.165, 1.54) is 4.90 Å². The fourth-order valence-corrected chi connectivity index (χ4v) is 2.77. The molecule has 0 radical (unpaired) electrons. The molecule has 6 nitrogen and oxygen atoms in total. The van der Waals surface area contributed by atoms with Crippen LogP contribution in [0.25, 0.3) is 22.2 Å². The molecule has 2 N–H and O–H groups in total. The maximum atomic E-state index is 12.8. The zero-order valence-corrected chi connectivity index (χ0v) is 11.1. The van der Waals surface area contributed by atoms with Crippen molar-refractivity contribution < 1.29 is 9.90 Å². The molecule has 6 heteroatoms. The van der Waals surface area contributed by atoms with E-state index in [4.69, 9.17) is 0 Å². The van der Waals surface area contributed by atoms with E-state index < -0.39 is 0 Å². The standard InChI is InChI=1S/C15H12N4O2/c20-8-7-19-14-12-11(5-6-16-14)17-18-13(12)9-3-1-2-4-10(9)15(19)21/h1-6,20H,7-8H2,(H,17,18). The fourth-order valence-electron chi connectivity index (χ4n) is 2.77. The largest absolute Gasteiger partial charge is 0.395 e. The number of H-pyrrole nitrogens is 1. The second-order valence-electron chi connectivity index (χ2n) is 4.86. The van der Waals surface area contributed by atoms with Crippen molar-refractivity contribution in [3.63, 3.8) is 0 Å². The zero-order chi connectivity index (χ0) is 14.4. The Labute approximate surface area is 120 Å². The lowest BCUT2D eigenvalue weighted by Gasteiger charge is -2.20. The number of amides is 1. The highest BCUT2D eigenvalue weighted by Gasteiger charge is 2.30. The van der Waals surface area contributed by atoms with Crippen LogP contribution in [-0.4, -0.2) is 39.3 Å². The summed E-state index contributed by atoms with van der Waals surface area (Å²) in [5.41, 5.74) is 2.89. The van der Waals surface area contributed by atoms with Crippen LogP contribution in [0.15, 0.2) is 36.5 Å². The molecule has 1 aliphatic heterocycles. The number of pyridine rings is 1. The lowest BCUT2D eigenvalue weighted by molar-refractivity contribution is 0.0981. The van der Waals surface area contributed by atoms with Crippen molar-refractivity contribution in [3.8, 4) is 11.3 Å². The average molecular weight is 280 g/mol. The highest BCUT2D eigenvalue weighted by atomic mass is 16.3. The van der Waals surface area contributed by atoms with Gasteiger partial charge in [-0.1, -0.05) is 18.2 Å². The van der Waals surface area contributed by atoms with Gasteiger partial charge in [0, 0.05) is 17.3 Å². The van der Waals surface area contributed by atoms with Gasteiger partial charge in [0.25, 0.3) is 5.91 Å². The second kappa shape index (κ2) is 4.39. The molecule has 3 heterocycles. The maximum Gasteiger partial charge on any atom is 0.260 e. The highest BCUT2D eigenvalue weighted by Crippen LogP contribution is 2.38. The van der Waals surface area contributed by atoms with E-state index >= 15 is 0 Å². The predicted octanol–water partition coefficient (Wildman–Crippen LogP) is 1.58. The van der Waals surface area contributed by atoms with Gasteiger partial charge in [0.2, 0.25) is 0 Å². The molecule has 0 bridgehead atoms. The SMILES string of the molecule is O=C1c2ccccc2-c2n[nH]c3ccnc(c23)N1CCO. The normalized spacial score (nSPS) is 13.4. The lowest BCUT2D eigenvalue weighted by atomic mass is 10.0. The van der Waals surface area contributed by atoms with Gasteiger partial charge in [-0.25, -0.2) is 4.98 Å². The first-order chi connectivity index (χ1) is 10.3. The number of aliphatic hydroxyl groups excluding tert-OH is 1. The number of hydrogen-bond donors (Lipinski definition) is 2. The molecule has 0 fully saturated rings. The lowest BCUT2D eigenvalue weighted by Crippen LogP contribution is -2.33. The molecule has 0 spiro atoms. The van der Waals surface area contributed by atoms with Crippen LogP contribution < -0.4 is 4.90 Å². The first-order valence-electron chi connectivity index (χ1n) is 6.66. The molecule has 0 aliphatic carbocycles. The van der Waals surface area contributed by atoms with Crippen molar-refractivity contribution in [1.82, 2.24) is 15.2 Å². The molecule has 1 aliphatic rings. The van der Waals surface area contributed by atoms with Crippen LogP contribution in [0.2, 0.25) is 0 Å². The summed E-state index contributed by atoms with van der Waals surface area (Å²) >= 11 is 0. The van der Waals surface area contributed by atoms with Gasteiger partial charge < -0.3 is 5.11 Å². The van der Waals surface area contributed by atoms with Crippen molar-refractivity contribution in [2.24, 2.45) is 0 Å². The third-order valence-corrected chi connectivity index (χ3v) is 3.69. The summed E-state index contributed by atoms with van der Waals surface area (Å²) in [5, 5.41) is 17.4.